The number of amides is 1. The van der Waals surface area contributed by atoms with Gasteiger partial charge in [0.2, 0.25) is 5.91 Å². The molecule has 1 N–H and O–H groups in total. The summed E-state index contributed by atoms with van der Waals surface area (Å²) < 4.78 is 0. The van der Waals surface area contributed by atoms with Crippen LogP contribution in [0, 0.1) is 18.8 Å². The van der Waals surface area contributed by atoms with Crippen LogP contribution in [0.4, 0.5) is 5.69 Å². The summed E-state index contributed by atoms with van der Waals surface area (Å²) in [4.78, 5) is 13.7. The van der Waals surface area contributed by atoms with Crippen molar-refractivity contribution in [3.05, 3.63) is 101 Å². The van der Waals surface area contributed by atoms with E-state index in [0.29, 0.717) is 11.8 Å². The molecule has 0 heterocycles. The second kappa shape index (κ2) is 7.18. The van der Waals surface area contributed by atoms with Gasteiger partial charge in [0.25, 0.3) is 0 Å². The van der Waals surface area contributed by atoms with E-state index in [2.05, 4.69) is 79.8 Å². The van der Waals surface area contributed by atoms with E-state index in [1.807, 2.05) is 12.1 Å². The lowest BCUT2D eigenvalue weighted by Gasteiger charge is -2.50. The number of benzene rings is 3. The summed E-state index contributed by atoms with van der Waals surface area (Å²) in [6.07, 6.45) is 2.15. The number of nitrogens with one attached hydrogen (secondary N) is 1. The van der Waals surface area contributed by atoms with Gasteiger partial charge in [-0.2, -0.15) is 0 Å². The summed E-state index contributed by atoms with van der Waals surface area (Å²) in [6, 6.07) is 25.7. The molecular weight excluding hydrogens is 354 g/mol. The predicted octanol–water partition coefficient (Wildman–Crippen LogP) is 6.26. The molecular formula is C27H27NO. The third kappa shape index (κ3) is 2.90. The highest BCUT2D eigenvalue weighted by Gasteiger charge is 2.51. The largest absolute Gasteiger partial charge is 0.326 e. The van der Waals surface area contributed by atoms with Crippen molar-refractivity contribution in [3.63, 3.8) is 0 Å². The van der Waals surface area contributed by atoms with Crippen LogP contribution in [-0.4, -0.2) is 5.91 Å². The van der Waals surface area contributed by atoms with Crippen LogP contribution < -0.4 is 5.32 Å². The van der Waals surface area contributed by atoms with Crippen LogP contribution in [0.3, 0.4) is 0 Å². The molecule has 3 aliphatic carbocycles. The smallest absolute Gasteiger partial charge is 0.228 e. The van der Waals surface area contributed by atoms with Crippen LogP contribution in [0.1, 0.15) is 59.4 Å². The summed E-state index contributed by atoms with van der Waals surface area (Å²) in [5.41, 5.74) is 7.59. The van der Waals surface area contributed by atoms with Crippen molar-refractivity contribution in [2.24, 2.45) is 11.8 Å². The maximum absolute atomic E-state index is 13.7. The predicted molar refractivity (Wildman–Crippen MR) is 118 cm³/mol. The number of rotatable bonds is 4. The zero-order valence-electron chi connectivity index (χ0n) is 17.1. The van der Waals surface area contributed by atoms with E-state index in [1.54, 1.807) is 0 Å². The lowest BCUT2D eigenvalue weighted by atomic mass is 9.53. The number of fused-ring (bicyclic) bond motifs is 1. The molecule has 3 aliphatic rings. The van der Waals surface area contributed by atoms with E-state index in [1.165, 1.54) is 22.3 Å². The van der Waals surface area contributed by atoms with Crippen LogP contribution in [0.2, 0.25) is 0 Å². The van der Waals surface area contributed by atoms with Crippen molar-refractivity contribution in [3.8, 4) is 0 Å². The fraction of sp³-hybridized carbons (Fsp3) is 0.296. The zero-order valence-corrected chi connectivity index (χ0v) is 17.1. The van der Waals surface area contributed by atoms with Crippen molar-refractivity contribution in [1.29, 1.82) is 0 Å². The number of hydrogen-bond acceptors (Lipinski definition) is 1. The molecule has 3 aromatic rings. The quantitative estimate of drug-likeness (QED) is 0.568. The topological polar surface area (TPSA) is 29.1 Å². The molecule has 2 nitrogen and oxygen atoms in total. The molecule has 0 saturated carbocycles. The van der Waals surface area contributed by atoms with Gasteiger partial charge in [-0.25, -0.2) is 0 Å². The van der Waals surface area contributed by atoms with Crippen LogP contribution in [0.25, 0.3) is 0 Å². The first kappa shape index (κ1) is 18.2. The Kier molecular flexibility index (Phi) is 4.50. The maximum atomic E-state index is 13.7. The van der Waals surface area contributed by atoms with Crippen molar-refractivity contribution in [1.82, 2.24) is 0 Å². The second-order valence-electron chi connectivity index (χ2n) is 8.55. The number of carbonyl (C=O) groups is 1. The Morgan fingerprint density at radius 3 is 1.97 bits per heavy atom. The lowest BCUT2D eigenvalue weighted by Crippen LogP contribution is -2.45. The Morgan fingerprint density at radius 1 is 0.828 bits per heavy atom. The minimum Gasteiger partial charge on any atom is -0.326 e. The number of aryl methyl sites for hydroxylation is 1. The molecule has 2 heteroatoms. The standard InChI is InChI=1S/C27H27NO/c1-3-9-23-24-19-12-4-6-14-21(19)25(22-15-7-5-13-20(22)24)26(23)27(29)28-18-11-8-10-17(2)16-18/h4-8,10-16,23-26H,3,9H2,1-2H3,(H,28,29)/t23-,24?,25?,26+/m1/s1. The van der Waals surface area contributed by atoms with Gasteiger partial charge in [-0.15, -0.1) is 0 Å². The first-order chi connectivity index (χ1) is 14.2. The molecule has 0 fully saturated rings. The van der Waals surface area contributed by atoms with Gasteiger partial charge in [-0.3, -0.25) is 4.79 Å². The highest BCUT2D eigenvalue weighted by molar-refractivity contribution is 5.95. The van der Waals surface area contributed by atoms with Gasteiger partial charge in [0.1, 0.15) is 0 Å². The van der Waals surface area contributed by atoms with Gasteiger partial charge in [-0.05, 0) is 59.2 Å². The van der Waals surface area contributed by atoms with Crippen LogP contribution in [0.5, 0.6) is 0 Å². The van der Waals surface area contributed by atoms with E-state index in [4.69, 9.17) is 0 Å². The summed E-state index contributed by atoms with van der Waals surface area (Å²) in [6.45, 7) is 4.29. The van der Waals surface area contributed by atoms with Gasteiger partial charge in [0, 0.05) is 17.5 Å². The maximum Gasteiger partial charge on any atom is 0.228 e. The molecule has 0 spiro atoms. The van der Waals surface area contributed by atoms with E-state index < -0.39 is 0 Å². The lowest BCUT2D eigenvalue weighted by molar-refractivity contribution is -0.123. The third-order valence-electron chi connectivity index (χ3n) is 6.79. The average molecular weight is 382 g/mol. The number of anilines is 1. The molecule has 3 aromatic carbocycles. The highest BCUT2D eigenvalue weighted by Crippen LogP contribution is 2.59. The highest BCUT2D eigenvalue weighted by atomic mass is 16.1. The fourth-order valence-electron chi connectivity index (χ4n) is 5.77. The van der Waals surface area contributed by atoms with Crippen molar-refractivity contribution >= 4 is 11.6 Å². The van der Waals surface area contributed by atoms with Crippen LogP contribution >= 0.6 is 0 Å². The second-order valence-corrected chi connectivity index (χ2v) is 8.55. The van der Waals surface area contributed by atoms with Gasteiger partial charge < -0.3 is 5.32 Å². The molecule has 0 saturated heterocycles. The summed E-state index contributed by atoms with van der Waals surface area (Å²) in [5, 5.41) is 3.25. The molecule has 2 atom stereocenters. The van der Waals surface area contributed by atoms with E-state index >= 15 is 0 Å². The molecule has 0 aliphatic heterocycles. The Balaban J connectivity index is 1.62. The Labute approximate surface area is 173 Å². The van der Waals surface area contributed by atoms with Crippen LogP contribution in [-0.2, 0) is 4.79 Å². The summed E-state index contributed by atoms with van der Waals surface area (Å²) >= 11 is 0. The number of carbonyl (C=O) groups excluding carboxylic acids is 1. The SMILES string of the molecule is CCC[C@@H]1C2c3ccccc3C(c3ccccc32)[C@H]1C(=O)Nc1cccc(C)c1. The molecule has 0 aromatic heterocycles. The Hall–Kier alpha value is -2.87. The molecule has 0 unspecified atom stereocenters. The van der Waals surface area contributed by atoms with Crippen molar-refractivity contribution < 1.29 is 4.79 Å². The van der Waals surface area contributed by atoms with Gasteiger partial charge >= 0.3 is 0 Å². The Morgan fingerprint density at radius 2 is 1.41 bits per heavy atom. The van der Waals surface area contributed by atoms with Crippen molar-refractivity contribution in [2.75, 3.05) is 5.32 Å². The third-order valence-corrected chi connectivity index (χ3v) is 6.79. The van der Waals surface area contributed by atoms with E-state index in [9.17, 15) is 4.79 Å². The molecule has 146 valence electrons. The first-order valence-corrected chi connectivity index (χ1v) is 10.7. The monoisotopic (exact) mass is 381 g/mol. The normalized spacial score (nSPS) is 23.9. The molecule has 6 rings (SSSR count). The Bertz CT molecular complexity index is 1020. The first-order valence-electron chi connectivity index (χ1n) is 10.7. The fourth-order valence-corrected chi connectivity index (χ4v) is 5.77. The van der Waals surface area contributed by atoms with Crippen molar-refractivity contribution in [2.45, 2.75) is 38.5 Å². The number of hydrogen-bond donors (Lipinski definition) is 1. The minimum atomic E-state index is -0.0368. The summed E-state index contributed by atoms with van der Waals surface area (Å²) in [7, 11) is 0. The average Bonchev–Trinajstić information content (AvgIpc) is 2.74. The van der Waals surface area contributed by atoms with E-state index in [0.717, 1.165) is 24.1 Å². The minimum absolute atomic E-state index is 0.0368. The molecule has 1 amide bonds. The van der Waals surface area contributed by atoms with Crippen LogP contribution in [0.15, 0.2) is 72.8 Å². The van der Waals surface area contributed by atoms with E-state index in [-0.39, 0.29) is 17.7 Å². The molecule has 0 radical (unpaired) electrons. The molecule has 2 bridgehead atoms. The van der Waals surface area contributed by atoms with Gasteiger partial charge in [-0.1, -0.05) is 74.0 Å². The summed E-state index contributed by atoms with van der Waals surface area (Å²) in [5.74, 6) is 0.896. The van der Waals surface area contributed by atoms with Gasteiger partial charge in [0.15, 0.2) is 0 Å². The molecule has 29 heavy (non-hydrogen) atoms. The van der Waals surface area contributed by atoms with Gasteiger partial charge in [0.05, 0.1) is 5.92 Å². The zero-order chi connectivity index (χ0) is 20.0.